The number of halogens is 1. The summed E-state index contributed by atoms with van der Waals surface area (Å²) in [6, 6.07) is 15.3. The van der Waals surface area contributed by atoms with Crippen LogP contribution in [0.15, 0.2) is 72.0 Å². The summed E-state index contributed by atoms with van der Waals surface area (Å²) in [5.41, 5.74) is 1.73. The van der Waals surface area contributed by atoms with E-state index in [1.807, 2.05) is 47.9 Å². The standard InChI is InChI=1S/C22H22FN7O/c1-2-24-22(27-15-20-29-28-19-5-3-4-12-30(19)20)26-14-16-10-11-25-21(13-16)31-18-8-6-17(23)7-9-18/h3-13H,2,14-15H2,1H3,(H2,24,26,27). The molecule has 0 unspecified atom stereocenters. The van der Waals surface area contributed by atoms with Crippen molar-refractivity contribution in [2.75, 3.05) is 6.54 Å². The van der Waals surface area contributed by atoms with Gasteiger partial charge in [-0.15, -0.1) is 10.2 Å². The summed E-state index contributed by atoms with van der Waals surface area (Å²) in [6.45, 7) is 3.64. The number of guanidine groups is 1. The van der Waals surface area contributed by atoms with Crippen molar-refractivity contribution in [3.8, 4) is 11.6 Å². The molecule has 0 aliphatic rings. The summed E-state index contributed by atoms with van der Waals surface area (Å²) in [4.78, 5) is 8.83. The molecule has 158 valence electrons. The summed E-state index contributed by atoms with van der Waals surface area (Å²) >= 11 is 0. The Morgan fingerprint density at radius 1 is 1.10 bits per heavy atom. The fraction of sp³-hybridized carbons (Fsp3) is 0.182. The summed E-state index contributed by atoms with van der Waals surface area (Å²) in [5, 5.41) is 14.9. The molecule has 0 amide bonds. The number of hydrogen-bond donors (Lipinski definition) is 2. The van der Waals surface area contributed by atoms with Crippen LogP contribution in [0, 0.1) is 5.82 Å². The van der Waals surface area contributed by atoms with Crippen molar-refractivity contribution in [1.29, 1.82) is 0 Å². The Kier molecular flexibility index (Phi) is 6.32. The van der Waals surface area contributed by atoms with Crippen LogP contribution < -0.4 is 15.4 Å². The molecule has 0 fully saturated rings. The van der Waals surface area contributed by atoms with E-state index in [9.17, 15) is 4.39 Å². The number of benzene rings is 1. The fourth-order valence-corrected chi connectivity index (χ4v) is 2.91. The maximum atomic E-state index is 13.1. The molecule has 8 nitrogen and oxygen atoms in total. The largest absolute Gasteiger partial charge is 0.439 e. The summed E-state index contributed by atoms with van der Waals surface area (Å²) in [7, 11) is 0. The van der Waals surface area contributed by atoms with Crippen LogP contribution in [0.25, 0.3) is 5.65 Å². The summed E-state index contributed by atoms with van der Waals surface area (Å²) < 4.78 is 20.7. The predicted octanol–water partition coefficient (Wildman–Crippen LogP) is 3.31. The highest BCUT2D eigenvalue weighted by molar-refractivity contribution is 5.79. The highest BCUT2D eigenvalue weighted by atomic mass is 19.1. The minimum absolute atomic E-state index is 0.314. The maximum Gasteiger partial charge on any atom is 0.219 e. The van der Waals surface area contributed by atoms with Gasteiger partial charge in [-0.2, -0.15) is 0 Å². The smallest absolute Gasteiger partial charge is 0.219 e. The van der Waals surface area contributed by atoms with Crippen molar-refractivity contribution in [2.24, 2.45) is 4.99 Å². The van der Waals surface area contributed by atoms with Crippen LogP contribution in [-0.2, 0) is 13.1 Å². The van der Waals surface area contributed by atoms with Crippen LogP contribution in [0.4, 0.5) is 4.39 Å². The summed E-state index contributed by atoms with van der Waals surface area (Å²) in [6.07, 6.45) is 3.59. The van der Waals surface area contributed by atoms with E-state index in [1.54, 1.807) is 18.3 Å². The molecule has 31 heavy (non-hydrogen) atoms. The van der Waals surface area contributed by atoms with E-state index in [4.69, 9.17) is 4.74 Å². The molecule has 4 aromatic rings. The molecule has 3 heterocycles. The van der Waals surface area contributed by atoms with Crippen LogP contribution in [0.2, 0.25) is 0 Å². The van der Waals surface area contributed by atoms with E-state index >= 15 is 0 Å². The predicted molar refractivity (Wildman–Crippen MR) is 115 cm³/mol. The molecular formula is C22H22FN7O. The molecule has 4 rings (SSSR count). The number of aromatic nitrogens is 4. The first-order chi connectivity index (χ1) is 15.2. The molecule has 0 saturated carbocycles. The zero-order valence-electron chi connectivity index (χ0n) is 17.0. The second-order valence-corrected chi connectivity index (χ2v) is 6.65. The number of rotatable bonds is 7. The SMILES string of the molecule is CCNC(=NCc1ccnc(Oc2ccc(F)cc2)c1)NCc1nnc2ccccn12. The Morgan fingerprint density at radius 3 is 2.81 bits per heavy atom. The number of pyridine rings is 2. The van der Waals surface area contributed by atoms with Crippen molar-refractivity contribution in [3.63, 3.8) is 0 Å². The molecule has 0 aliphatic carbocycles. The van der Waals surface area contributed by atoms with Crippen molar-refractivity contribution >= 4 is 11.6 Å². The molecule has 0 aliphatic heterocycles. The van der Waals surface area contributed by atoms with E-state index in [1.165, 1.54) is 12.1 Å². The third-order valence-corrected chi connectivity index (χ3v) is 4.40. The van der Waals surface area contributed by atoms with Crippen molar-refractivity contribution in [2.45, 2.75) is 20.0 Å². The minimum atomic E-state index is -0.314. The second kappa shape index (κ2) is 9.66. The Balaban J connectivity index is 1.41. The van der Waals surface area contributed by atoms with Crippen LogP contribution in [0.1, 0.15) is 18.3 Å². The zero-order valence-corrected chi connectivity index (χ0v) is 17.0. The summed E-state index contributed by atoms with van der Waals surface area (Å²) in [5.74, 6) is 2.08. The van der Waals surface area contributed by atoms with Gasteiger partial charge in [-0.05, 0) is 55.0 Å². The highest BCUT2D eigenvalue weighted by Gasteiger charge is 2.06. The number of hydrogen-bond acceptors (Lipinski definition) is 5. The van der Waals surface area contributed by atoms with Crippen LogP contribution >= 0.6 is 0 Å². The van der Waals surface area contributed by atoms with E-state index in [0.717, 1.165) is 23.6 Å². The van der Waals surface area contributed by atoms with Gasteiger partial charge in [0.25, 0.3) is 0 Å². The second-order valence-electron chi connectivity index (χ2n) is 6.65. The number of fused-ring (bicyclic) bond motifs is 1. The molecule has 3 aromatic heterocycles. The third-order valence-electron chi connectivity index (χ3n) is 4.40. The average molecular weight is 419 g/mol. The number of nitrogens with one attached hydrogen (secondary N) is 2. The van der Waals surface area contributed by atoms with Gasteiger partial charge >= 0.3 is 0 Å². The van der Waals surface area contributed by atoms with Gasteiger partial charge in [0.05, 0.1) is 13.1 Å². The third kappa shape index (κ3) is 5.33. The molecule has 0 spiro atoms. The first-order valence-corrected chi connectivity index (χ1v) is 9.90. The Labute approximate surface area is 178 Å². The van der Waals surface area contributed by atoms with Gasteiger partial charge in [0.15, 0.2) is 17.4 Å². The number of aliphatic imine (C=N–C) groups is 1. The van der Waals surface area contributed by atoms with Crippen LogP contribution in [0.5, 0.6) is 11.6 Å². The zero-order chi connectivity index (χ0) is 21.5. The molecule has 2 N–H and O–H groups in total. The van der Waals surface area contributed by atoms with Gasteiger partial charge in [-0.1, -0.05) is 6.07 Å². The first-order valence-electron chi connectivity index (χ1n) is 9.90. The average Bonchev–Trinajstić information content (AvgIpc) is 3.21. The molecule has 0 saturated heterocycles. The van der Waals surface area contributed by atoms with E-state index in [0.29, 0.717) is 30.7 Å². The van der Waals surface area contributed by atoms with E-state index in [2.05, 4.69) is 30.8 Å². The molecule has 0 radical (unpaired) electrons. The van der Waals surface area contributed by atoms with Gasteiger partial charge in [0.1, 0.15) is 11.6 Å². The molecule has 0 atom stereocenters. The van der Waals surface area contributed by atoms with Crippen molar-refractivity contribution in [1.82, 2.24) is 30.2 Å². The lowest BCUT2D eigenvalue weighted by atomic mass is 10.2. The Bertz CT molecular complexity index is 1170. The molecule has 9 heteroatoms. The maximum absolute atomic E-state index is 13.1. The van der Waals surface area contributed by atoms with Gasteiger partial charge in [0, 0.05) is 25.0 Å². The normalized spacial score (nSPS) is 11.5. The monoisotopic (exact) mass is 419 g/mol. The lowest BCUT2D eigenvalue weighted by Crippen LogP contribution is -2.37. The Hall–Kier alpha value is -4.01. The number of ether oxygens (including phenoxy) is 1. The Morgan fingerprint density at radius 2 is 1.97 bits per heavy atom. The first kappa shape index (κ1) is 20.3. The quantitative estimate of drug-likeness (QED) is 0.353. The van der Waals surface area contributed by atoms with E-state index < -0.39 is 0 Å². The molecular weight excluding hydrogens is 397 g/mol. The molecule has 0 bridgehead atoms. The van der Waals surface area contributed by atoms with Gasteiger partial charge < -0.3 is 15.4 Å². The van der Waals surface area contributed by atoms with E-state index in [-0.39, 0.29) is 5.82 Å². The topological polar surface area (TPSA) is 88.7 Å². The van der Waals surface area contributed by atoms with Gasteiger partial charge in [0.2, 0.25) is 5.88 Å². The van der Waals surface area contributed by atoms with Crippen molar-refractivity contribution < 1.29 is 9.13 Å². The molecule has 1 aromatic carbocycles. The fourth-order valence-electron chi connectivity index (χ4n) is 2.91. The highest BCUT2D eigenvalue weighted by Crippen LogP contribution is 2.20. The van der Waals surface area contributed by atoms with Gasteiger partial charge in [-0.3, -0.25) is 4.40 Å². The van der Waals surface area contributed by atoms with Crippen molar-refractivity contribution in [3.05, 3.63) is 84.2 Å². The lowest BCUT2D eigenvalue weighted by Gasteiger charge is -2.11. The lowest BCUT2D eigenvalue weighted by molar-refractivity contribution is 0.460. The number of nitrogens with zero attached hydrogens (tertiary/aromatic N) is 5. The van der Waals surface area contributed by atoms with Gasteiger partial charge in [-0.25, -0.2) is 14.4 Å². The van der Waals surface area contributed by atoms with Crippen LogP contribution in [-0.4, -0.2) is 32.1 Å². The van der Waals surface area contributed by atoms with Crippen LogP contribution in [0.3, 0.4) is 0 Å². The minimum Gasteiger partial charge on any atom is -0.439 e.